The molecule has 3 heterocycles. The van der Waals surface area contributed by atoms with Crippen LogP contribution in [0.15, 0.2) is 34.1 Å². The van der Waals surface area contributed by atoms with E-state index in [-0.39, 0.29) is 11.5 Å². The summed E-state index contributed by atoms with van der Waals surface area (Å²) >= 11 is 6.46. The van der Waals surface area contributed by atoms with Gasteiger partial charge in [-0.25, -0.2) is 4.98 Å². The first-order valence-corrected chi connectivity index (χ1v) is 9.09. The standard InChI is InChI=1S/C17H18N4O3S2/c1-19(2)14-11(15(22)20-7-5-4-6-13(20)18-14)10-12-16(23)21(8-9-24-3)17(25)26-12/h4-7,10H,8-9H2,1-3H3/b12-10-. The lowest BCUT2D eigenvalue weighted by Crippen LogP contribution is -2.31. The Morgan fingerprint density at radius 2 is 2.12 bits per heavy atom. The topological polar surface area (TPSA) is 67.2 Å². The van der Waals surface area contributed by atoms with Crippen LogP contribution < -0.4 is 10.5 Å². The fraction of sp³-hybridized carbons (Fsp3) is 0.294. The van der Waals surface area contributed by atoms with E-state index in [0.717, 1.165) is 0 Å². The second kappa shape index (κ2) is 7.56. The van der Waals surface area contributed by atoms with E-state index in [1.54, 1.807) is 36.4 Å². The number of nitrogens with zero attached hydrogens (tertiary/aromatic N) is 4. The molecule has 0 atom stereocenters. The summed E-state index contributed by atoms with van der Waals surface area (Å²) in [5.41, 5.74) is 0.665. The number of aromatic nitrogens is 2. The number of hydrogen-bond acceptors (Lipinski definition) is 7. The Kier molecular flexibility index (Phi) is 5.40. The van der Waals surface area contributed by atoms with Crippen molar-refractivity contribution >= 4 is 51.7 Å². The van der Waals surface area contributed by atoms with Crippen LogP contribution in [-0.4, -0.2) is 58.9 Å². The summed E-state index contributed by atoms with van der Waals surface area (Å²) in [6, 6.07) is 5.35. The average molecular weight is 390 g/mol. The molecule has 136 valence electrons. The van der Waals surface area contributed by atoms with Crippen molar-refractivity contribution in [2.45, 2.75) is 0 Å². The number of amides is 1. The van der Waals surface area contributed by atoms with Crippen molar-refractivity contribution in [2.75, 3.05) is 39.3 Å². The molecule has 1 saturated heterocycles. The third-order valence-corrected chi connectivity index (χ3v) is 5.22. The highest BCUT2D eigenvalue weighted by molar-refractivity contribution is 8.26. The van der Waals surface area contributed by atoms with Gasteiger partial charge in [-0.15, -0.1) is 0 Å². The molecule has 2 aromatic heterocycles. The smallest absolute Gasteiger partial charge is 0.267 e. The number of fused-ring (bicyclic) bond motifs is 1. The maximum absolute atomic E-state index is 12.9. The molecule has 0 saturated carbocycles. The zero-order valence-electron chi connectivity index (χ0n) is 14.6. The molecule has 2 aromatic rings. The van der Waals surface area contributed by atoms with Gasteiger partial charge in [0.1, 0.15) is 15.8 Å². The maximum atomic E-state index is 12.9. The number of hydrogen-bond donors (Lipinski definition) is 0. The van der Waals surface area contributed by atoms with E-state index in [9.17, 15) is 9.59 Å². The second-order valence-electron chi connectivity index (χ2n) is 5.80. The molecule has 1 fully saturated rings. The number of ether oxygens (including phenoxy) is 1. The third kappa shape index (κ3) is 3.37. The predicted molar refractivity (Wildman–Crippen MR) is 108 cm³/mol. The quantitative estimate of drug-likeness (QED) is 0.568. The number of thiocarbonyl (C=S) groups is 1. The summed E-state index contributed by atoms with van der Waals surface area (Å²) in [6.07, 6.45) is 3.24. The molecule has 26 heavy (non-hydrogen) atoms. The van der Waals surface area contributed by atoms with Crippen molar-refractivity contribution in [2.24, 2.45) is 0 Å². The van der Waals surface area contributed by atoms with Gasteiger partial charge in [-0.1, -0.05) is 30.0 Å². The van der Waals surface area contributed by atoms with Gasteiger partial charge in [0.15, 0.2) is 0 Å². The van der Waals surface area contributed by atoms with Gasteiger partial charge in [-0.2, -0.15) is 0 Å². The van der Waals surface area contributed by atoms with Gasteiger partial charge in [-0.3, -0.25) is 18.9 Å². The summed E-state index contributed by atoms with van der Waals surface area (Å²) in [7, 11) is 5.18. The van der Waals surface area contributed by atoms with Crippen molar-refractivity contribution in [1.82, 2.24) is 14.3 Å². The normalized spacial score (nSPS) is 16.1. The molecule has 1 aliphatic rings. The number of methoxy groups -OCH3 is 1. The van der Waals surface area contributed by atoms with Crippen molar-refractivity contribution in [3.8, 4) is 0 Å². The first-order chi connectivity index (χ1) is 12.4. The molecule has 0 aliphatic carbocycles. The van der Waals surface area contributed by atoms with Crippen molar-refractivity contribution < 1.29 is 9.53 Å². The van der Waals surface area contributed by atoms with Crippen molar-refractivity contribution in [3.05, 3.63) is 45.2 Å². The molecule has 9 heteroatoms. The van der Waals surface area contributed by atoms with Crippen molar-refractivity contribution in [3.63, 3.8) is 0 Å². The van der Waals surface area contributed by atoms with Crippen molar-refractivity contribution in [1.29, 1.82) is 0 Å². The molecule has 7 nitrogen and oxygen atoms in total. The molecule has 0 spiro atoms. The van der Waals surface area contributed by atoms with E-state index in [0.29, 0.717) is 39.4 Å². The van der Waals surface area contributed by atoms with Gasteiger partial charge < -0.3 is 9.64 Å². The minimum atomic E-state index is -0.235. The van der Waals surface area contributed by atoms with Gasteiger partial charge in [0.05, 0.1) is 23.6 Å². The van der Waals surface area contributed by atoms with Crippen LogP contribution in [0.3, 0.4) is 0 Å². The van der Waals surface area contributed by atoms with E-state index in [2.05, 4.69) is 4.98 Å². The van der Waals surface area contributed by atoms with Gasteiger partial charge in [0.2, 0.25) is 0 Å². The Bertz CT molecular complexity index is 968. The monoisotopic (exact) mass is 390 g/mol. The molecular weight excluding hydrogens is 372 g/mol. The number of anilines is 1. The lowest BCUT2D eigenvalue weighted by molar-refractivity contribution is -0.122. The molecular formula is C17H18N4O3S2. The summed E-state index contributed by atoms with van der Waals surface area (Å²) in [5.74, 6) is 0.280. The lowest BCUT2D eigenvalue weighted by Gasteiger charge is -2.15. The summed E-state index contributed by atoms with van der Waals surface area (Å²) in [6.45, 7) is 0.775. The molecule has 3 rings (SSSR count). The maximum Gasteiger partial charge on any atom is 0.267 e. The van der Waals surface area contributed by atoms with E-state index in [1.807, 2.05) is 20.2 Å². The molecule has 0 bridgehead atoms. The fourth-order valence-electron chi connectivity index (χ4n) is 2.56. The van der Waals surface area contributed by atoms with Crippen LogP contribution in [0, 0.1) is 0 Å². The van der Waals surface area contributed by atoms with E-state index >= 15 is 0 Å². The molecule has 1 amide bonds. The number of carbonyl (C=O) groups excluding carboxylic acids is 1. The number of rotatable bonds is 5. The van der Waals surface area contributed by atoms with E-state index in [1.165, 1.54) is 21.1 Å². The van der Waals surface area contributed by atoms with Gasteiger partial charge in [0, 0.05) is 27.4 Å². The van der Waals surface area contributed by atoms with Crippen LogP contribution in [0.4, 0.5) is 5.82 Å². The van der Waals surface area contributed by atoms with Gasteiger partial charge in [-0.05, 0) is 18.2 Å². The van der Waals surface area contributed by atoms with Gasteiger partial charge in [0.25, 0.3) is 11.5 Å². The molecule has 0 unspecified atom stereocenters. The Hall–Kier alpha value is -2.23. The highest BCUT2D eigenvalue weighted by Gasteiger charge is 2.32. The summed E-state index contributed by atoms with van der Waals surface area (Å²) < 4.78 is 6.94. The first-order valence-electron chi connectivity index (χ1n) is 7.87. The Morgan fingerprint density at radius 1 is 1.35 bits per heavy atom. The minimum absolute atomic E-state index is 0.223. The molecule has 0 radical (unpaired) electrons. The zero-order chi connectivity index (χ0) is 18.8. The number of carbonyl (C=O) groups is 1. The molecule has 0 N–H and O–H groups in total. The van der Waals surface area contributed by atoms with Crippen LogP contribution in [0.25, 0.3) is 11.7 Å². The SMILES string of the molecule is COCCN1C(=O)/C(=C/c2c(N(C)C)nc3ccccn3c2=O)SC1=S. The third-order valence-electron chi connectivity index (χ3n) is 3.84. The predicted octanol–water partition coefficient (Wildman–Crippen LogP) is 1.61. The number of thioether (sulfide) groups is 1. The van der Waals surface area contributed by atoms with Crippen LogP contribution in [0.1, 0.15) is 5.56 Å². The summed E-state index contributed by atoms with van der Waals surface area (Å²) in [4.78, 5) is 33.8. The van der Waals surface area contributed by atoms with Gasteiger partial charge >= 0.3 is 0 Å². The minimum Gasteiger partial charge on any atom is -0.383 e. The molecule has 0 aromatic carbocycles. The largest absolute Gasteiger partial charge is 0.383 e. The number of pyridine rings is 1. The highest BCUT2D eigenvalue weighted by Crippen LogP contribution is 2.33. The fourth-order valence-corrected chi connectivity index (χ4v) is 3.86. The zero-order valence-corrected chi connectivity index (χ0v) is 16.3. The van der Waals surface area contributed by atoms with Crippen LogP contribution in [-0.2, 0) is 9.53 Å². The summed E-state index contributed by atoms with van der Waals surface area (Å²) in [5, 5.41) is 0. The van der Waals surface area contributed by atoms with Crippen LogP contribution >= 0.6 is 24.0 Å². The lowest BCUT2D eigenvalue weighted by atomic mass is 10.2. The first kappa shape index (κ1) is 18.6. The molecule has 1 aliphatic heterocycles. The Morgan fingerprint density at radius 3 is 2.81 bits per heavy atom. The van der Waals surface area contributed by atoms with E-state index < -0.39 is 0 Å². The Balaban J connectivity index is 2.11. The van der Waals surface area contributed by atoms with E-state index in [4.69, 9.17) is 17.0 Å². The van der Waals surface area contributed by atoms with Crippen LogP contribution in [0.5, 0.6) is 0 Å². The Labute approximate surface area is 160 Å². The second-order valence-corrected chi connectivity index (χ2v) is 7.48. The van der Waals surface area contributed by atoms with Crippen LogP contribution in [0.2, 0.25) is 0 Å². The highest BCUT2D eigenvalue weighted by atomic mass is 32.2. The average Bonchev–Trinajstić information content (AvgIpc) is 2.88.